The van der Waals surface area contributed by atoms with E-state index in [4.69, 9.17) is 4.74 Å². The molecule has 1 aromatic rings. The van der Waals surface area contributed by atoms with E-state index in [-0.39, 0.29) is 0 Å². The number of hydrogen-bond acceptors (Lipinski definition) is 4. The van der Waals surface area contributed by atoms with Crippen LogP contribution in [0.2, 0.25) is 0 Å². The monoisotopic (exact) mass is 290 g/mol. The SMILES string of the molecule is Cn1cc(CN2CCN3C[C@H](OCC4CC4)C[C@@H]3C2)cn1. The number of aryl methyl sites for hydroxylation is 1. The highest BCUT2D eigenvalue weighted by Gasteiger charge is 2.37. The second-order valence-electron chi connectivity index (χ2n) is 7.04. The molecule has 1 aliphatic carbocycles. The number of fused-ring (bicyclic) bond motifs is 1. The molecular formula is C16H26N4O. The molecule has 2 aliphatic heterocycles. The van der Waals surface area contributed by atoms with Crippen molar-refractivity contribution in [2.24, 2.45) is 13.0 Å². The molecule has 3 fully saturated rings. The van der Waals surface area contributed by atoms with Crippen molar-refractivity contribution in [3.05, 3.63) is 18.0 Å². The molecule has 0 aromatic carbocycles. The van der Waals surface area contributed by atoms with Crippen molar-refractivity contribution in [1.29, 1.82) is 0 Å². The Bertz CT molecular complexity index is 484. The first-order valence-electron chi connectivity index (χ1n) is 8.32. The molecule has 0 bridgehead atoms. The third-order valence-electron chi connectivity index (χ3n) is 5.09. The van der Waals surface area contributed by atoms with Crippen LogP contribution in [-0.4, -0.2) is 64.5 Å². The zero-order valence-corrected chi connectivity index (χ0v) is 12.9. The van der Waals surface area contributed by atoms with Crippen LogP contribution in [0.15, 0.2) is 12.4 Å². The third kappa shape index (κ3) is 3.30. The van der Waals surface area contributed by atoms with Gasteiger partial charge in [-0.15, -0.1) is 0 Å². The molecule has 4 rings (SSSR count). The van der Waals surface area contributed by atoms with Gasteiger partial charge in [0.1, 0.15) is 0 Å². The van der Waals surface area contributed by atoms with Crippen LogP contribution in [0.3, 0.4) is 0 Å². The number of piperazine rings is 1. The van der Waals surface area contributed by atoms with Crippen molar-refractivity contribution in [3.63, 3.8) is 0 Å². The van der Waals surface area contributed by atoms with E-state index in [1.165, 1.54) is 44.5 Å². The van der Waals surface area contributed by atoms with Gasteiger partial charge in [0.05, 0.1) is 12.3 Å². The normalized spacial score (nSPS) is 30.7. The highest BCUT2D eigenvalue weighted by molar-refractivity contribution is 5.04. The molecule has 1 aromatic heterocycles. The zero-order valence-electron chi connectivity index (χ0n) is 12.9. The van der Waals surface area contributed by atoms with E-state index in [9.17, 15) is 0 Å². The van der Waals surface area contributed by atoms with Crippen LogP contribution in [0.25, 0.3) is 0 Å². The average molecular weight is 290 g/mol. The molecule has 2 saturated heterocycles. The fourth-order valence-corrected chi connectivity index (χ4v) is 3.69. The fourth-order valence-electron chi connectivity index (χ4n) is 3.69. The summed E-state index contributed by atoms with van der Waals surface area (Å²) >= 11 is 0. The molecule has 3 heterocycles. The van der Waals surface area contributed by atoms with E-state index in [1.54, 1.807) is 0 Å². The van der Waals surface area contributed by atoms with Gasteiger partial charge in [-0.25, -0.2) is 0 Å². The molecule has 0 unspecified atom stereocenters. The summed E-state index contributed by atoms with van der Waals surface area (Å²) in [5, 5.41) is 4.27. The van der Waals surface area contributed by atoms with Crippen LogP contribution in [0.1, 0.15) is 24.8 Å². The van der Waals surface area contributed by atoms with Crippen LogP contribution in [-0.2, 0) is 18.3 Å². The summed E-state index contributed by atoms with van der Waals surface area (Å²) in [4.78, 5) is 5.21. The van der Waals surface area contributed by atoms with Crippen LogP contribution in [0.4, 0.5) is 0 Å². The van der Waals surface area contributed by atoms with Crippen LogP contribution in [0, 0.1) is 5.92 Å². The lowest BCUT2D eigenvalue weighted by molar-refractivity contribution is 0.0508. The standard InChI is InChI=1S/C16H26N4O/c1-18-8-14(7-17-18)9-19-4-5-20-11-16(6-15(20)10-19)21-12-13-2-3-13/h7-8,13,15-16H,2-6,9-12H2,1H3/t15-,16-/m1/s1. The van der Waals surface area contributed by atoms with E-state index >= 15 is 0 Å². The lowest BCUT2D eigenvalue weighted by Crippen LogP contribution is -2.49. The highest BCUT2D eigenvalue weighted by atomic mass is 16.5. The minimum absolute atomic E-state index is 0.481. The van der Waals surface area contributed by atoms with Gasteiger partial charge >= 0.3 is 0 Å². The Labute approximate surface area is 126 Å². The van der Waals surface area contributed by atoms with Gasteiger partial charge in [0.2, 0.25) is 0 Å². The maximum atomic E-state index is 6.10. The molecule has 3 aliphatic rings. The van der Waals surface area contributed by atoms with E-state index in [0.717, 1.165) is 25.6 Å². The largest absolute Gasteiger partial charge is 0.377 e. The van der Waals surface area contributed by atoms with Gasteiger partial charge in [-0.3, -0.25) is 14.5 Å². The topological polar surface area (TPSA) is 33.5 Å². The predicted molar refractivity (Wildman–Crippen MR) is 80.9 cm³/mol. The van der Waals surface area contributed by atoms with Gasteiger partial charge in [-0.05, 0) is 25.2 Å². The number of nitrogens with zero attached hydrogens (tertiary/aromatic N) is 4. The first-order chi connectivity index (χ1) is 10.3. The van der Waals surface area contributed by atoms with Crippen molar-refractivity contribution in [2.75, 3.05) is 32.8 Å². The Morgan fingerprint density at radius 2 is 2.19 bits per heavy atom. The summed E-state index contributed by atoms with van der Waals surface area (Å²) in [6.45, 7) is 6.72. The summed E-state index contributed by atoms with van der Waals surface area (Å²) in [6, 6.07) is 0.694. The summed E-state index contributed by atoms with van der Waals surface area (Å²) in [5.41, 5.74) is 1.32. The summed E-state index contributed by atoms with van der Waals surface area (Å²) in [7, 11) is 1.99. The number of ether oxygens (including phenoxy) is 1. The average Bonchev–Trinajstić information content (AvgIpc) is 3.08. The molecule has 1 saturated carbocycles. The zero-order chi connectivity index (χ0) is 14.2. The Morgan fingerprint density at radius 3 is 2.95 bits per heavy atom. The van der Waals surface area contributed by atoms with Crippen LogP contribution < -0.4 is 0 Å². The molecule has 0 spiro atoms. The quantitative estimate of drug-likeness (QED) is 0.813. The van der Waals surface area contributed by atoms with Gasteiger partial charge in [0.15, 0.2) is 0 Å². The third-order valence-corrected chi connectivity index (χ3v) is 5.09. The summed E-state index contributed by atoms with van der Waals surface area (Å²) in [6.07, 6.45) is 8.59. The maximum absolute atomic E-state index is 6.10. The molecule has 0 amide bonds. The minimum Gasteiger partial charge on any atom is -0.377 e. The number of hydrogen-bond donors (Lipinski definition) is 0. The van der Waals surface area contributed by atoms with Crippen molar-refractivity contribution in [2.45, 2.75) is 38.0 Å². The Balaban J connectivity index is 1.28. The predicted octanol–water partition coefficient (Wildman–Crippen LogP) is 1.11. The maximum Gasteiger partial charge on any atom is 0.0717 e. The van der Waals surface area contributed by atoms with Crippen LogP contribution >= 0.6 is 0 Å². The van der Waals surface area contributed by atoms with E-state index in [2.05, 4.69) is 21.1 Å². The van der Waals surface area contributed by atoms with Crippen molar-refractivity contribution in [3.8, 4) is 0 Å². The fraction of sp³-hybridized carbons (Fsp3) is 0.812. The van der Waals surface area contributed by atoms with Gasteiger partial charge in [-0.2, -0.15) is 5.10 Å². The lowest BCUT2D eigenvalue weighted by atomic mass is 10.1. The van der Waals surface area contributed by atoms with Gasteiger partial charge in [0.25, 0.3) is 0 Å². The number of rotatable bonds is 5. The van der Waals surface area contributed by atoms with Crippen molar-refractivity contribution in [1.82, 2.24) is 19.6 Å². The second kappa shape index (κ2) is 5.71. The Kier molecular flexibility index (Phi) is 3.73. The Hall–Kier alpha value is -0.910. The van der Waals surface area contributed by atoms with E-state index in [0.29, 0.717) is 12.1 Å². The first-order valence-corrected chi connectivity index (χ1v) is 8.32. The second-order valence-corrected chi connectivity index (χ2v) is 7.04. The van der Waals surface area contributed by atoms with Gasteiger partial charge < -0.3 is 4.74 Å². The molecular weight excluding hydrogens is 264 g/mol. The molecule has 21 heavy (non-hydrogen) atoms. The first kappa shape index (κ1) is 13.7. The smallest absolute Gasteiger partial charge is 0.0717 e. The van der Waals surface area contributed by atoms with E-state index in [1.807, 2.05) is 17.9 Å². The van der Waals surface area contributed by atoms with Crippen molar-refractivity contribution < 1.29 is 4.74 Å². The molecule has 0 radical (unpaired) electrons. The van der Waals surface area contributed by atoms with Crippen LogP contribution in [0.5, 0.6) is 0 Å². The number of aromatic nitrogens is 2. The molecule has 0 N–H and O–H groups in total. The molecule has 116 valence electrons. The molecule has 5 heteroatoms. The highest BCUT2D eigenvalue weighted by Crippen LogP contribution is 2.31. The van der Waals surface area contributed by atoms with Gasteiger partial charge in [-0.1, -0.05) is 0 Å². The molecule has 5 nitrogen and oxygen atoms in total. The Morgan fingerprint density at radius 1 is 1.29 bits per heavy atom. The molecule has 2 atom stereocenters. The summed E-state index contributed by atoms with van der Waals surface area (Å²) < 4.78 is 7.99. The van der Waals surface area contributed by atoms with E-state index < -0.39 is 0 Å². The lowest BCUT2D eigenvalue weighted by Gasteiger charge is -2.37. The minimum atomic E-state index is 0.481. The van der Waals surface area contributed by atoms with Crippen molar-refractivity contribution >= 4 is 0 Å². The van der Waals surface area contributed by atoms with Gasteiger partial charge in [0, 0.05) is 64.2 Å². The summed E-state index contributed by atoms with van der Waals surface area (Å²) in [5.74, 6) is 0.879.